The van der Waals surface area contributed by atoms with E-state index >= 15 is 4.39 Å². The molecule has 0 atom stereocenters. The molecule has 0 unspecified atom stereocenters. The number of anilines is 2. The molecule has 0 saturated heterocycles. The highest BCUT2D eigenvalue weighted by atomic mass is 32.2. The van der Waals surface area contributed by atoms with Crippen LogP contribution in [0.1, 0.15) is 29.3 Å². The van der Waals surface area contributed by atoms with Crippen LogP contribution in [0.25, 0.3) is 16.6 Å². The summed E-state index contributed by atoms with van der Waals surface area (Å²) in [6.07, 6.45) is 7.89. The van der Waals surface area contributed by atoms with Crippen molar-refractivity contribution >= 4 is 53.9 Å². The Morgan fingerprint density at radius 2 is 1.83 bits per heavy atom. The molecule has 5 rings (SSSR count). The first-order valence-electron chi connectivity index (χ1n) is 12.3. The molecule has 2 N–H and O–H groups in total. The summed E-state index contributed by atoms with van der Waals surface area (Å²) in [6.45, 7) is 1.62. The van der Waals surface area contributed by atoms with Crippen molar-refractivity contribution in [3.63, 3.8) is 0 Å². The predicted molar refractivity (Wildman–Crippen MR) is 151 cm³/mol. The zero-order valence-electron chi connectivity index (χ0n) is 21.4. The number of amides is 1. The van der Waals surface area contributed by atoms with Crippen LogP contribution < -0.4 is 10.0 Å². The minimum absolute atomic E-state index is 0.0148. The average molecular weight is 597 g/mol. The molecule has 0 bridgehead atoms. The Kier molecular flexibility index (Phi) is 7.35. The Bertz CT molecular complexity index is 2010. The van der Waals surface area contributed by atoms with Gasteiger partial charge in [0.15, 0.2) is 11.5 Å². The molecule has 1 aliphatic carbocycles. The van der Waals surface area contributed by atoms with Gasteiger partial charge in [0, 0.05) is 22.7 Å². The summed E-state index contributed by atoms with van der Waals surface area (Å²) in [5.74, 6) is -4.08. The lowest BCUT2D eigenvalue weighted by Gasteiger charge is -2.12. The molecule has 4 aromatic rings. The molecule has 2 heterocycles. The van der Waals surface area contributed by atoms with Gasteiger partial charge >= 0.3 is 0 Å². The van der Waals surface area contributed by atoms with Crippen LogP contribution in [0.3, 0.4) is 0 Å². The van der Waals surface area contributed by atoms with Crippen LogP contribution in [0.15, 0.2) is 89.8 Å². The van der Waals surface area contributed by atoms with Crippen molar-refractivity contribution in [2.24, 2.45) is 0 Å². The van der Waals surface area contributed by atoms with Crippen molar-refractivity contribution in [3.8, 4) is 0 Å². The van der Waals surface area contributed by atoms with Crippen LogP contribution in [-0.2, 0) is 20.0 Å². The number of nitrogens with zero attached hydrogens (tertiary/aromatic N) is 2. The van der Waals surface area contributed by atoms with Crippen molar-refractivity contribution in [1.82, 2.24) is 8.96 Å². The van der Waals surface area contributed by atoms with Crippen molar-refractivity contribution in [1.29, 1.82) is 0 Å². The van der Waals surface area contributed by atoms with E-state index in [1.165, 1.54) is 24.4 Å². The van der Waals surface area contributed by atoms with Crippen LogP contribution in [0.5, 0.6) is 0 Å². The van der Waals surface area contributed by atoms with Crippen molar-refractivity contribution in [3.05, 3.63) is 108 Å². The number of hydrogen-bond donors (Lipinski definition) is 2. The van der Waals surface area contributed by atoms with E-state index in [-0.39, 0.29) is 28.4 Å². The molecule has 210 valence electrons. The SMILES string of the molecule is CCCS(=O)(=O)Nc1ccc(F)c(C(=O)Nc2cnc3c(c2)c(C2=C=CC=C2)cn3S(=O)(=O)c2ccccc2)c1F. The zero-order valence-corrected chi connectivity index (χ0v) is 23.1. The van der Waals surface area contributed by atoms with E-state index in [0.717, 1.165) is 22.3 Å². The second-order valence-corrected chi connectivity index (χ2v) is 12.7. The standard InChI is InChI=1S/C28H22F2N4O5S2/c1-2-14-40(36,37)33-24-13-12-23(29)25(26(24)30)28(35)32-19-15-21-22(18-8-6-7-9-18)17-34(27(21)31-16-19)41(38,39)20-10-4-3-5-11-20/h3-8,10-13,15-17,33H,2,14H2,1H3,(H,32,35). The van der Waals surface area contributed by atoms with Gasteiger partial charge in [-0.3, -0.25) is 9.52 Å². The highest BCUT2D eigenvalue weighted by Gasteiger charge is 2.26. The molecular formula is C28H22F2N4O5S2. The second kappa shape index (κ2) is 10.8. The Hall–Kier alpha value is -4.58. The number of rotatable bonds is 9. The van der Waals surface area contributed by atoms with Gasteiger partial charge in [0.2, 0.25) is 10.0 Å². The monoisotopic (exact) mass is 596 g/mol. The summed E-state index contributed by atoms with van der Waals surface area (Å²) >= 11 is 0. The number of allylic oxidation sites excluding steroid dienone is 3. The van der Waals surface area contributed by atoms with Crippen molar-refractivity contribution in [2.45, 2.75) is 18.2 Å². The van der Waals surface area contributed by atoms with Crippen LogP contribution in [-0.4, -0.2) is 37.5 Å². The third-order valence-corrected chi connectivity index (χ3v) is 9.26. The van der Waals surface area contributed by atoms with Gasteiger partial charge in [-0.2, -0.15) is 0 Å². The molecule has 1 aliphatic rings. The first kappa shape index (κ1) is 28.0. The van der Waals surface area contributed by atoms with E-state index in [1.54, 1.807) is 43.4 Å². The van der Waals surface area contributed by atoms with Crippen molar-refractivity contribution < 1.29 is 30.4 Å². The van der Waals surface area contributed by atoms with Crippen LogP contribution >= 0.6 is 0 Å². The maximum atomic E-state index is 15.1. The average Bonchev–Trinajstić information content (AvgIpc) is 3.59. The van der Waals surface area contributed by atoms with Crippen LogP contribution in [0, 0.1) is 11.6 Å². The molecule has 13 heteroatoms. The fourth-order valence-corrected chi connectivity index (χ4v) is 6.75. The highest BCUT2D eigenvalue weighted by Crippen LogP contribution is 2.32. The van der Waals surface area contributed by atoms with E-state index in [9.17, 15) is 26.0 Å². The van der Waals surface area contributed by atoms with Gasteiger partial charge in [-0.05, 0) is 48.9 Å². The molecule has 0 fully saturated rings. The largest absolute Gasteiger partial charge is 0.320 e. The molecule has 0 spiro atoms. The summed E-state index contributed by atoms with van der Waals surface area (Å²) in [5.41, 5.74) is 2.50. The lowest BCUT2D eigenvalue weighted by Crippen LogP contribution is -2.20. The number of benzene rings is 2. The molecular weight excluding hydrogens is 574 g/mol. The summed E-state index contributed by atoms with van der Waals surface area (Å²) < 4.78 is 83.8. The Labute approximate surface area is 234 Å². The number of nitrogens with one attached hydrogen (secondary N) is 2. The van der Waals surface area contributed by atoms with Crippen LogP contribution in [0.2, 0.25) is 0 Å². The lowest BCUT2D eigenvalue weighted by atomic mass is 10.1. The molecule has 2 aromatic carbocycles. The maximum Gasteiger partial charge on any atom is 0.269 e. The van der Waals surface area contributed by atoms with E-state index in [4.69, 9.17) is 0 Å². The third kappa shape index (κ3) is 5.42. The number of pyridine rings is 1. The highest BCUT2D eigenvalue weighted by molar-refractivity contribution is 7.92. The smallest absolute Gasteiger partial charge is 0.269 e. The lowest BCUT2D eigenvalue weighted by molar-refractivity contribution is 0.101. The quantitative estimate of drug-likeness (QED) is 0.260. The Morgan fingerprint density at radius 1 is 1.07 bits per heavy atom. The third-order valence-electron chi connectivity index (χ3n) is 6.11. The van der Waals surface area contributed by atoms with Gasteiger partial charge in [0.25, 0.3) is 15.9 Å². The number of halogens is 2. The van der Waals surface area contributed by atoms with Crippen LogP contribution in [0.4, 0.5) is 20.2 Å². The topological polar surface area (TPSA) is 127 Å². The minimum Gasteiger partial charge on any atom is -0.320 e. The van der Waals surface area contributed by atoms with Gasteiger partial charge in [-0.15, -0.1) is 5.73 Å². The maximum absolute atomic E-state index is 15.1. The number of carbonyl (C=O) groups excluding carboxylic acids is 1. The molecule has 41 heavy (non-hydrogen) atoms. The fourth-order valence-electron chi connectivity index (χ4n) is 4.27. The number of sulfonamides is 1. The first-order chi connectivity index (χ1) is 19.5. The van der Waals surface area contributed by atoms with Gasteiger partial charge in [0.1, 0.15) is 11.4 Å². The van der Waals surface area contributed by atoms with Gasteiger partial charge in [-0.1, -0.05) is 31.2 Å². The zero-order chi connectivity index (χ0) is 29.4. The second-order valence-electron chi connectivity index (χ2n) is 8.99. The van der Waals surface area contributed by atoms with E-state index in [0.29, 0.717) is 16.5 Å². The Balaban J connectivity index is 1.55. The van der Waals surface area contributed by atoms with Gasteiger partial charge < -0.3 is 5.32 Å². The van der Waals surface area contributed by atoms with Gasteiger partial charge in [-0.25, -0.2) is 34.6 Å². The Morgan fingerprint density at radius 3 is 2.51 bits per heavy atom. The normalized spacial score (nSPS) is 13.0. The predicted octanol–water partition coefficient (Wildman–Crippen LogP) is 5.06. The molecule has 2 aromatic heterocycles. The molecule has 0 radical (unpaired) electrons. The fraction of sp³-hybridized carbons (Fsp3) is 0.107. The van der Waals surface area contributed by atoms with Gasteiger partial charge in [0.05, 0.1) is 28.2 Å². The number of carbonyl (C=O) groups is 1. The summed E-state index contributed by atoms with van der Waals surface area (Å²) in [6, 6.07) is 10.9. The number of hydrogen-bond acceptors (Lipinski definition) is 6. The summed E-state index contributed by atoms with van der Waals surface area (Å²) in [4.78, 5) is 17.3. The molecule has 0 aliphatic heterocycles. The van der Waals surface area contributed by atoms with E-state index in [2.05, 4.69) is 16.0 Å². The van der Waals surface area contributed by atoms with E-state index in [1.807, 2.05) is 4.72 Å². The number of aromatic nitrogens is 2. The summed E-state index contributed by atoms with van der Waals surface area (Å²) in [5, 5.41) is 2.70. The number of fused-ring (bicyclic) bond motifs is 1. The molecule has 9 nitrogen and oxygen atoms in total. The summed E-state index contributed by atoms with van der Waals surface area (Å²) in [7, 11) is -7.96. The first-order valence-corrected chi connectivity index (χ1v) is 15.4. The minimum atomic E-state index is -4.05. The van der Waals surface area contributed by atoms with E-state index < -0.39 is 48.8 Å². The molecule has 1 amide bonds. The van der Waals surface area contributed by atoms with Crippen molar-refractivity contribution in [2.75, 3.05) is 15.8 Å². The molecule has 0 saturated carbocycles.